The van der Waals surface area contributed by atoms with Gasteiger partial charge in [-0.05, 0) is 36.0 Å². The molecule has 2 aromatic heterocycles. The van der Waals surface area contributed by atoms with Crippen LogP contribution in [0.15, 0.2) is 47.5 Å². The molecule has 144 valence electrons. The fourth-order valence-corrected chi connectivity index (χ4v) is 3.31. The third-order valence-electron chi connectivity index (χ3n) is 4.54. The van der Waals surface area contributed by atoms with Gasteiger partial charge in [0.1, 0.15) is 13.2 Å². The first-order valence-corrected chi connectivity index (χ1v) is 9.36. The van der Waals surface area contributed by atoms with Gasteiger partial charge in [0.25, 0.3) is 5.56 Å². The van der Waals surface area contributed by atoms with E-state index >= 15 is 0 Å². The highest BCUT2D eigenvalue weighted by molar-refractivity contribution is 7.80. The Labute approximate surface area is 167 Å². The smallest absolute Gasteiger partial charge is 0.253 e. The lowest BCUT2D eigenvalue weighted by atomic mass is 10.1. The topological polar surface area (TPSA) is 79.5 Å². The molecule has 0 unspecified atom stereocenters. The van der Waals surface area contributed by atoms with Crippen LogP contribution in [0.3, 0.4) is 0 Å². The third kappa shape index (κ3) is 3.77. The normalized spacial score (nSPS) is 12.6. The lowest BCUT2D eigenvalue weighted by Gasteiger charge is -2.25. The number of hydrogen-bond donors (Lipinski definition) is 2. The number of rotatable bonds is 4. The molecule has 0 spiro atoms. The zero-order valence-electron chi connectivity index (χ0n) is 15.4. The highest BCUT2D eigenvalue weighted by atomic mass is 32.1. The molecule has 0 aliphatic carbocycles. The summed E-state index contributed by atoms with van der Waals surface area (Å²) in [6.45, 7) is 1.94. The van der Waals surface area contributed by atoms with Gasteiger partial charge in [-0.25, -0.2) is 0 Å². The number of thiocarbonyl (C=S) groups is 1. The SMILES string of the molecule is CNC(=S)N(Cc1cccnc1)Cc1cc2cc3c(cc2[nH]c1=O)OCCO3. The van der Waals surface area contributed by atoms with Crippen LogP contribution in [-0.4, -0.2) is 40.2 Å². The van der Waals surface area contributed by atoms with Crippen molar-refractivity contribution in [1.29, 1.82) is 0 Å². The molecule has 8 heteroatoms. The maximum absolute atomic E-state index is 12.7. The maximum Gasteiger partial charge on any atom is 0.253 e. The van der Waals surface area contributed by atoms with Gasteiger partial charge in [-0.1, -0.05) is 6.07 Å². The van der Waals surface area contributed by atoms with E-state index in [0.717, 1.165) is 10.9 Å². The lowest BCUT2D eigenvalue weighted by Crippen LogP contribution is -2.38. The van der Waals surface area contributed by atoms with E-state index in [2.05, 4.69) is 15.3 Å². The largest absolute Gasteiger partial charge is 0.486 e. The van der Waals surface area contributed by atoms with Crippen molar-refractivity contribution in [3.05, 3.63) is 64.2 Å². The molecule has 28 heavy (non-hydrogen) atoms. The van der Waals surface area contributed by atoms with Gasteiger partial charge in [-0.3, -0.25) is 9.78 Å². The number of nitrogens with zero attached hydrogens (tertiary/aromatic N) is 2. The van der Waals surface area contributed by atoms with Crippen LogP contribution in [0, 0.1) is 0 Å². The molecule has 0 amide bonds. The molecule has 4 rings (SSSR count). The average Bonchev–Trinajstić information content (AvgIpc) is 2.72. The van der Waals surface area contributed by atoms with Crippen LogP contribution in [0.4, 0.5) is 0 Å². The van der Waals surface area contributed by atoms with Gasteiger partial charge in [0.2, 0.25) is 0 Å². The van der Waals surface area contributed by atoms with Crippen molar-refractivity contribution in [2.45, 2.75) is 13.1 Å². The summed E-state index contributed by atoms with van der Waals surface area (Å²) in [4.78, 5) is 21.7. The van der Waals surface area contributed by atoms with Crippen molar-refractivity contribution in [1.82, 2.24) is 20.2 Å². The Bertz CT molecular complexity index is 1070. The zero-order valence-corrected chi connectivity index (χ0v) is 16.2. The summed E-state index contributed by atoms with van der Waals surface area (Å²) in [7, 11) is 1.77. The Hall–Kier alpha value is -3.13. The highest BCUT2D eigenvalue weighted by Gasteiger charge is 2.16. The maximum atomic E-state index is 12.7. The van der Waals surface area contributed by atoms with Crippen molar-refractivity contribution >= 4 is 28.2 Å². The minimum Gasteiger partial charge on any atom is -0.486 e. The summed E-state index contributed by atoms with van der Waals surface area (Å²) in [6.07, 6.45) is 3.52. The first-order valence-electron chi connectivity index (χ1n) is 8.95. The summed E-state index contributed by atoms with van der Waals surface area (Å²) in [6, 6.07) is 9.43. The van der Waals surface area contributed by atoms with Crippen LogP contribution in [0.25, 0.3) is 10.9 Å². The predicted molar refractivity (Wildman–Crippen MR) is 111 cm³/mol. The van der Waals surface area contributed by atoms with Crippen molar-refractivity contribution in [2.24, 2.45) is 0 Å². The monoisotopic (exact) mass is 396 g/mol. The van der Waals surface area contributed by atoms with E-state index in [1.807, 2.05) is 29.2 Å². The predicted octanol–water partition coefficient (Wildman–Crippen LogP) is 2.20. The molecule has 3 aromatic rings. The number of H-pyrrole nitrogens is 1. The van der Waals surface area contributed by atoms with E-state index in [-0.39, 0.29) is 5.56 Å². The van der Waals surface area contributed by atoms with Crippen molar-refractivity contribution < 1.29 is 9.47 Å². The summed E-state index contributed by atoms with van der Waals surface area (Å²) in [5, 5.41) is 4.44. The number of nitrogens with one attached hydrogen (secondary N) is 2. The standard InChI is InChI=1S/C20H20N4O3S/c1-21-20(28)24(11-13-3-2-4-22-10-13)12-15-7-14-8-17-18(27-6-5-26-17)9-16(14)23-19(15)25/h2-4,7-10H,5-6,11-12H2,1H3,(H,21,28)(H,23,25). The van der Waals surface area contributed by atoms with E-state index in [9.17, 15) is 4.79 Å². The Balaban J connectivity index is 1.67. The molecule has 0 bridgehead atoms. The fourth-order valence-electron chi connectivity index (χ4n) is 3.18. The van der Waals surface area contributed by atoms with Crippen LogP contribution in [-0.2, 0) is 13.1 Å². The molecule has 0 saturated carbocycles. The van der Waals surface area contributed by atoms with Gasteiger partial charge in [-0.2, -0.15) is 0 Å². The molecule has 0 fully saturated rings. The van der Waals surface area contributed by atoms with Crippen molar-refractivity contribution in [3.8, 4) is 11.5 Å². The van der Waals surface area contributed by atoms with E-state index in [4.69, 9.17) is 21.7 Å². The minimum absolute atomic E-state index is 0.153. The molecule has 0 atom stereocenters. The number of pyridine rings is 2. The molecule has 1 aliphatic heterocycles. The van der Waals surface area contributed by atoms with E-state index in [0.29, 0.717) is 54.0 Å². The average molecular weight is 396 g/mol. The van der Waals surface area contributed by atoms with E-state index < -0.39 is 0 Å². The van der Waals surface area contributed by atoms with Crippen LogP contribution < -0.4 is 20.3 Å². The second-order valence-electron chi connectivity index (χ2n) is 6.48. The number of aromatic amines is 1. The Morgan fingerprint density at radius 2 is 2.04 bits per heavy atom. The van der Waals surface area contributed by atoms with Gasteiger partial charge < -0.3 is 24.7 Å². The van der Waals surface area contributed by atoms with Gasteiger partial charge in [0, 0.05) is 43.0 Å². The van der Waals surface area contributed by atoms with E-state index in [1.54, 1.807) is 25.5 Å². The molecule has 1 aromatic carbocycles. The molecule has 3 heterocycles. The van der Waals surface area contributed by atoms with Crippen LogP contribution >= 0.6 is 12.2 Å². The first kappa shape index (κ1) is 18.2. The quantitative estimate of drug-likeness (QED) is 0.655. The lowest BCUT2D eigenvalue weighted by molar-refractivity contribution is 0.172. The molecule has 7 nitrogen and oxygen atoms in total. The van der Waals surface area contributed by atoms with Crippen LogP contribution in [0.2, 0.25) is 0 Å². The molecular weight excluding hydrogens is 376 g/mol. The Kier molecular flexibility index (Phi) is 5.12. The van der Waals surface area contributed by atoms with Crippen LogP contribution in [0.5, 0.6) is 11.5 Å². The van der Waals surface area contributed by atoms with Gasteiger partial charge in [-0.15, -0.1) is 0 Å². The number of aromatic nitrogens is 2. The Morgan fingerprint density at radius 1 is 1.25 bits per heavy atom. The summed E-state index contributed by atoms with van der Waals surface area (Å²) >= 11 is 5.44. The van der Waals surface area contributed by atoms with Crippen molar-refractivity contribution in [3.63, 3.8) is 0 Å². The number of ether oxygens (including phenoxy) is 2. The molecular formula is C20H20N4O3S. The second-order valence-corrected chi connectivity index (χ2v) is 6.87. The second kappa shape index (κ2) is 7.85. The third-order valence-corrected chi connectivity index (χ3v) is 5.00. The van der Waals surface area contributed by atoms with Gasteiger partial charge in [0.15, 0.2) is 16.6 Å². The highest BCUT2D eigenvalue weighted by Crippen LogP contribution is 2.33. The van der Waals surface area contributed by atoms with E-state index in [1.165, 1.54) is 0 Å². The number of hydrogen-bond acceptors (Lipinski definition) is 5. The summed E-state index contributed by atoms with van der Waals surface area (Å²) in [5.41, 5.74) is 2.19. The van der Waals surface area contributed by atoms with Gasteiger partial charge in [0.05, 0.1) is 12.1 Å². The zero-order chi connectivity index (χ0) is 19.5. The van der Waals surface area contributed by atoms with Gasteiger partial charge >= 0.3 is 0 Å². The first-order chi connectivity index (χ1) is 13.6. The summed E-state index contributed by atoms with van der Waals surface area (Å²) < 4.78 is 11.2. The number of benzene rings is 1. The molecule has 0 radical (unpaired) electrons. The molecule has 1 aliphatic rings. The minimum atomic E-state index is -0.153. The fraction of sp³-hybridized carbons (Fsp3) is 0.250. The number of fused-ring (bicyclic) bond motifs is 2. The Morgan fingerprint density at radius 3 is 2.75 bits per heavy atom. The molecule has 0 saturated heterocycles. The van der Waals surface area contributed by atoms with Crippen molar-refractivity contribution in [2.75, 3.05) is 20.3 Å². The summed E-state index contributed by atoms with van der Waals surface area (Å²) in [5.74, 6) is 1.34. The van der Waals surface area contributed by atoms with Crippen LogP contribution in [0.1, 0.15) is 11.1 Å². The molecule has 2 N–H and O–H groups in total.